The Balaban J connectivity index is 1.35. The first-order chi connectivity index (χ1) is 14.3. The largest absolute Gasteiger partial charge is 0.338 e. The van der Waals surface area contributed by atoms with E-state index in [0.717, 1.165) is 29.9 Å². The highest BCUT2D eigenvalue weighted by molar-refractivity contribution is 7.91. The first kappa shape index (κ1) is 21.3. The van der Waals surface area contributed by atoms with Gasteiger partial charge in [0.05, 0.1) is 4.34 Å². The predicted octanol–water partition coefficient (Wildman–Crippen LogP) is 2.67. The summed E-state index contributed by atoms with van der Waals surface area (Å²) in [5.41, 5.74) is 1.56. The van der Waals surface area contributed by atoms with Crippen LogP contribution >= 0.6 is 22.9 Å². The molecule has 2 aliphatic heterocycles. The highest BCUT2D eigenvalue weighted by Gasteiger charge is 2.31. The molecule has 160 valence electrons. The van der Waals surface area contributed by atoms with Crippen LogP contribution in [0.5, 0.6) is 0 Å². The van der Waals surface area contributed by atoms with Crippen LogP contribution in [-0.2, 0) is 21.4 Å². The van der Waals surface area contributed by atoms with E-state index in [0.29, 0.717) is 36.0 Å². The highest BCUT2D eigenvalue weighted by Crippen LogP contribution is 2.28. The number of amides is 2. The molecule has 2 aromatic rings. The van der Waals surface area contributed by atoms with Gasteiger partial charge in [0.2, 0.25) is 5.91 Å². The molecule has 0 saturated carbocycles. The van der Waals surface area contributed by atoms with Gasteiger partial charge in [-0.3, -0.25) is 9.59 Å². The number of halogens is 1. The van der Waals surface area contributed by atoms with Crippen LogP contribution in [0.1, 0.15) is 28.8 Å². The second-order valence-corrected chi connectivity index (χ2v) is 11.3. The SMILES string of the molecule is O=C1CCCN1Cc1ccc(C(=O)N2CCN(S(=O)(=O)c3ccc(Cl)s3)CC2)cc1. The molecule has 2 amide bonds. The Hall–Kier alpha value is -1.94. The summed E-state index contributed by atoms with van der Waals surface area (Å²) in [6, 6.07) is 10.4. The van der Waals surface area contributed by atoms with E-state index in [1.807, 2.05) is 17.0 Å². The number of nitrogens with zero attached hydrogens (tertiary/aromatic N) is 3. The third-order valence-corrected chi connectivity index (χ3v) is 9.01. The predicted molar refractivity (Wildman–Crippen MR) is 115 cm³/mol. The number of carbonyl (C=O) groups is 2. The van der Waals surface area contributed by atoms with Crippen molar-refractivity contribution in [3.63, 3.8) is 0 Å². The van der Waals surface area contributed by atoms with Gasteiger partial charge in [-0.2, -0.15) is 4.31 Å². The molecule has 2 aliphatic rings. The second kappa shape index (κ2) is 8.66. The van der Waals surface area contributed by atoms with E-state index < -0.39 is 10.0 Å². The summed E-state index contributed by atoms with van der Waals surface area (Å²) in [6.45, 7) is 2.51. The molecule has 4 rings (SSSR count). The summed E-state index contributed by atoms with van der Waals surface area (Å²) in [4.78, 5) is 28.1. The number of likely N-dealkylation sites (tertiary alicyclic amines) is 1. The summed E-state index contributed by atoms with van der Waals surface area (Å²) >= 11 is 6.90. The van der Waals surface area contributed by atoms with Crippen molar-refractivity contribution in [1.82, 2.24) is 14.1 Å². The Morgan fingerprint density at radius 2 is 1.70 bits per heavy atom. The fourth-order valence-corrected chi connectivity index (χ4v) is 6.78. The molecule has 2 saturated heterocycles. The van der Waals surface area contributed by atoms with Crippen LogP contribution in [0.3, 0.4) is 0 Å². The van der Waals surface area contributed by atoms with Crippen molar-refractivity contribution in [2.24, 2.45) is 0 Å². The quantitative estimate of drug-likeness (QED) is 0.677. The van der Waals surface area contributed by atoms with Crippen molar-refractivity contribution >= 4 is 44.8 Å². The number of rotatable bonds is 5. The molecule has 0 unspecified atom stereocenters. The molecule has 3 heterocycles. The lowest BCUT2D eigenvalue weighted by Gasteiger charge is -2.33. The lowest BCUT2D eigenvalue weighted by molar-refractivity contribution is -0.128. The third-order valence-electron chi connectivity index (χ3n) is 5.41. The van der Waals surface area contributed by atoms with Gasteiger partial charge in [-0.15, -0.1) is 11.3 Å². The van der Waals surface area contributed by atoms with Crippen LogP contribution in [0.4, 0.5) is 0 Å². The van der Waals surface area contributed by atoms with Crippen LogP contribution in [0.15, 0.2) is 40.6 Å². The molecule has 1 aromatic carbocycles. The van der Waals surface area contributed by atoms with Crippen LogP contribution in [-0.4, -0.2) is 67.1 Å². The number of thiophene rings is 1. The number of hydrogen-bond acceptors (Lipinski definition) is 5. The van der Waals surface area contributed by atoms with Gasteiger partial charge < -0.3 is 9.80 Å². The fourth-order valence-electron chi connectivity index (χ4n) is 3.72. The summed E-state index contributed by atoms with van der Waals surface area (Å²) in [7, 11) is -3.58. The van der Waals surface area contributed by atoms with Crippen molar-refractivity contribution in [2.45, 2.75) is 23.6 Å². The molecule has 10 heteroatoms. The Bertz CT molecular complexity index is 1040. The molecule has 0 aliphatic carbocycles. The Labute approximate surface area is 184 Å². The molecule has 1 aromatic heterocycles. The van der Waals surface area contributed by atoms with Crippen LogP contribution in [0, 0.1) is 0 Å². The zero-order chi connectivity index (χ0) is 21.3. The van der Waals surface area contributed by atoms with Crippen molar-refractivity contribution in [3.8, 4) is 0 Å². The van der Waals surface area contributed by atoms with Crippen molar-refractivity contribution in [3.05, 3.63) is 51.9 Å². The minimum absolute atomic E-state index is 0.116. The van der Waals surface area contributed by atoms with E-state index in [9.17, 15) is 18.0 Å². The fraction of sp³-hybridized carbons (Fsp3) is 0.400. The lowest BCUT2D eigenvalue weighted by atomic mass is 10.1. The van der Waals surface area contributed by atoms with Crippen molar-refractivity contribution < 1.29 is 18.0 Å². The van der Waals surface area contributed by atoms with Gasteiger partial charge in [-0.05, 0) is 36.2 Å². The maximum absolute atomic E-state index is 12.8. The average Bonchev–Trinajstić information content (AvgIpc) is 3.37. The van der Waals surface area contributed by atoms with Crippen molar-refractivity contribution in [1.29, 1.82) is 0 Å². The number of piperazine rings is 1. The van der Waals surface area contributed by atoms with E-state index in [-0.39, 0.29) is 29.1 Å². The Morgan fingerprint density at radius 1 is 1.00 bits per heavy atom. The number of benzene rings is 1. The topological polar surface area (TPSA) is 78.0 Å². The standard InChI is InChI=1S/C20H22ClN3O4S2/c21-17-7-8-19(29-17)30(27,28)24-12-10-22(11-13-24)20(26)16-5-3-15(4-6-16)14-23-9-1-2-18(23)25/h3-8H,1-2,9-14H2. The van der Waals surface area contributed by atoms with Gasteiger partial charge >= 0.3 is 0 Å². The monoisotopic (exact) mass is 467 g/mol. The smallest absolute Gasteiger partial charge is 0.253 e. The lowest BCUT2D eigenvalue weighted by Crippen LogP contribution is -2.50. The zero-order valence-electron chi connectivity index (χ0n) is 16.3. The minimum atomic E-state index is -3.58. The number of sulfonamides is 1. The molecule has 0 spiro atoms. The van der Waals surface area contributed by atoms with E-state index in [2.05, 4.69) is 0 Å². The van der Waals surface area contributed by atoms with Gasteiger partial charge in [-0.1, -0.05) is 23.7 Å². The molecule has 30 heavy (non-hydrogen) atoms. The molecule has 7 nitrogen and oxygen atoms in total. The van der Waals surface area contributed by atoms with E-state index >= 15 is 0 Å². The normalized spacial score (nSPS) is 18.2. The van der Waals surface area contributed by atoms with Gasteiger partial charge in [0.25, 0.3) is 15.9 Å². The van der Waals surface area contributed by atoms with Crippen LogP contribution in [0.2, 0.25) is 4.34 Å². The van der Waals surface area contributed by atoms with Gasteiger partial charge in [0, 0.05) is 51.3 Å². The summed E-state index contributed by atoms with van der Waals surface area (Å²) in [5, 5.41) is 0. The molecule has 2 fully saturated rings. The minimum Gasteiger partial charge on any atom is -0.338 e. The zero-order valence-corrected chi connectivity index (χ0v) is 18.7. The van der Waals surface area contributed by atoms with E-state index in [4.69, 9.17) is 11.6 Å². The summed E-state index contributed by atoms with van der Waals surface area (Å²) in [5.74, 6) is 0.0582. The third kappa shape index (κ3) is 4.39. The molecular formula is C20H22ClN3O4S2. The Morgan fingerprint density at radius 3 is 2.27 bits per heavy atom. The number of carbonyl (C=O) groups excluding carboxylic acids is 2. The maximum Gasteiger partial charge on any atom is 0.253 e. The van der Waals surface area contributed by atoms with E-state index in [1.54, 1.807) is 23.1 Å². The molecule has 0 atom stereocenters. The van der Waals surface area contributed by atoms with Crippen molar-refractivity contribution in [2.75, 3.05) is 32.7 Å². The molecule has 0 bridgehead atoms. The average molecular weight is 468 g/mol. The molecular weight excluding hydrogens is 446 g/mol. The number of hydrogen-bond donors (Lipinski definition) is 0. The van der Waals surface area contributed by atoms with Crippen LogP contribution in [0.25, 0.3) is 0 Å². The molecule has 0 radical (unpaired) electrons. The first-order valence-corrected chi connectivity index (χ1v) is 12.4. The Kier molecular flexibility index (Phi) is 6.15. The van der Waals surface area contributed by atoms with Gasteiger partial charge in [0.1, 0.15) is 4.21 Å². The first-order valence-electron chi connectivity index (χ1n) is 9.76. The highest BCUT2D eigenvalue weighted by atomic mass is 35.5. The second-order valence-electron chi connectivity index (χ2n) is 7.37. The van der Waals surface area contributed by atoms with Gasteiger partial charge in [-0.25, -0.2) is 8.42 Å². The maximum atomic E-state index is 12.8. The molecule has 0 N–H and O–H groups in total. The van der Waals surface area contributed by atoms with E-state index in [1.165, 1.54) is 10.4 Å². The van der Waals surface area contributed by atoms with Gasteiger partial charge in [0.15, 0.2) is 0 Å². The van der Waals surface area contributed by atoms with Crippen LogP contribution < -0.4 is 0 Å². The summed E-state index contributed by atoms with van der Waals surface area (Å²) < 4.78 is 27.4. The summed E-state index contributed by atoms with van der Waals surface area (Å²) in [6.07, 6.45) is 1.51.